The lowest BCUT2D eigenvalue weighted by Crippen LogP contribution is -2.66. The van der Waals surface area contributed by atoms with Crippen LogP contribution in [0.5, 0.6) is 5.75 Å². The van der Waals surface area contributed by atoms with Crippen molar-refractivity contribution >= 4 is 53.2 Å². The predicted octanol–water partition coefficient (Wildman–Crippen LogP) is 0.987. The van der Waals surface area contributed by atoms with Gasteiger partial charge in [0.25, 0.3) is 0 Å². The lowest BCUT2D eigenvalue weighted by molar-refractivity contribution is -0.168. The number of hydrogen-bond donors (Lipinski definition) is 7. The molecule has 20 nitrogen and oxygen atoms in total. The minimum Gasteiger partial charge on any atom is -0.508 e. The van der Waals surface area contributed by atoms with Gasteiger partial charge in [0, 0.05) is 38.8 Å². The molecule has 4 rings (SSSR count). The molecule has 378 valence electrons. The Labute approximate surface area is 399 Å². The Hall–Kier alpha value is -5.79. The number of nitrogens with two attached hydrogens (primary N) is 1. The van der Waals surface area contributed by atoms with Crippen molar-refractivity contribution in [1.29, 1.82) is 0 Å². The molecule has 0 radical (unpaired) electrons. The Morgan fingerprint density at radius 3 is 2.10 bits per heavy atom. The lowest BCUT2D eigenvalue weighted by Gasteiger charge is -2.44. The number of aliphatic hydroxyl groups is 1. The molecular weight excluding hydrogens is 881 g/mol. The number of aliphatic hydroxyl groups excluding tert-OH is 1. The first kappa shape index (κ1) is 54.8. The Morgan fingerprint density at radius 1 is 0.868 bits per heavy atom. The number of aromatic hydroxyl groups is 1. The number of nitrogens with one attached hydrogen (secondary N) is 4. The SMILES string of the molecule is CCCC(=O)N[C@@H](CCC(N)=O)C(=O)N1CC(C)C2OC(=O)[C@H]([C@@H](C)CC)NC(=O)[C@H](Cc3ccc(O)cc3)N(C)C(=O)[C@H]([C@@H](C)CC)N3C(=O)C(CCC3O)NC(=O)[C@H](CC(C)C)NC(=O)C21. The van der Waals surface area contributed by atoms with Crippen molar-refractivity contribution in [3.63, 3.8) is 0 Å². The first-order valence-corrected chi connectivity index (χ1v) is 24.1. The van der Waals surface area contributed by atoms with Gasteiger partial charge in [0.2, 0.25) is 47.3 Å². The van der Waals surface area contributed by atoms with Gasteiger partial charge < -0.3 is 56.7 Å². The highest BCUT2D eigenvalue weighted by molar-refractivity contribution is 5.99. The first-order valence-electron chi connectivity index (χ1n) is 24.1. The summed E-state index contributed by atoms with van der Waals surface area (Å²) in [4.78, 5) is 131. The smallest absolute Gasteiger partial charge is 0.329 e. The number of fused-ring (bicyclic) bond motifs is 3. The van der Waals surface area contributed by atoms with E-state index in [1.807, 2.05) is 20.8 Å². The molecule has 20 heteroatoms. The molecule has 5 unspecified atom stereocenters. The summed E-state index contributed by atoms with van der Waals surface area (Å²) in [5.41, 5.74) is 5.99. The average Bonchev–Trinajstić information content (AvgIpc) is 3.61. The zero-order valence-corrected chi connectivity index (χ0v) is 41.0. The molecule has 0 spiro atoms. The molecule has 3 heterocycles. The zero-order valence-electron chi connectivity index (χ0n) is 41.0. The van der Waals surface area contributed by atoms with Crippen LogP contribution in [0.15, 0.2) is 24.3 Å². The van der Waals surface area contributed by atoms with Crippen LogP contribution in [0.2, 0.25) is 0 Å². The predicted molar refractivity (Wildman–Crippen MR) is 248 cm³/mol. The summed E-state index contributed by atoms with van der Waals surface area (Å²) in [6.45, 7) is 13.9. The van der Waals surface area contributed by atoms with Crippen LogP contribution in [0.3, 0.4) is 0 Å². The molecular formula is C48H74N8O12. The van der Waals surface area contributed by atoms with Crippen LogP contribution in [-0.2, 0) is 54.3 Å². The van der Waals surface area contributed by atoms with Crippen LogP contribution in [-0.4, -0.2) is 146 Å². The number of carbonyl (C=O) groups is 9. The van der Waals surface area contributed by atoms with E-state index in [0.29, 0.717) is 24.8 Å². The lowest BCUT2D eigenvalue weighted by atomic mass is 9.91. The average molecular weight is 955 g/mol. The highest BCUT2D eigenvalue weighted by atomic mass is 16.5. The van der Waals surface area contributed by atoms with E-state index in [1.165, 1.54) is 24.1 Å². The van der Waals surface area contributed by atoms with Gasteiger partial charge in [0.1, 0.15) is 60.4 Å². The summed E-state index contributed by atoms with van der Waals surface area (Å²) < 4.78 is 6.23. The van der Waals surface area contributed by atoms with Gasteiger partial charge in [-0.1, -0.05) is 80.4 Å². The Bertz CT molecular complexity index is 2000. The van der Waals surface area contributed by atoms with E-state index in [0.717, 1.165) is 9.80 Å². The standard InChI is InChI=1S/C48H74N8O12/c1-10-13-36(59)50-31(18-20-35(49)58)45(64)55-24-28(8)41-40(55)44(63)52-33(22-25(4)5)42(61)51-32-19-21-37(60)56(46(32)65)39(27(7)12-3)47(66)54(9)34(23-29-14-16-30(57)17-15-29)43(62)53-38(26(6)11-2)48(67)68-41/h14-17,25-28,31-34,37-41,57,60H,10-13,18-24H2,1-9H3,(H2,49,58)(H,50,59)(H,51,61)(H,52,63)(H,53,62)/t26-,27-,28?,31-,32?,33-,34-,37?,38-,39-,40?,41?/m0/s1. The number of likely N-dealkylation sites (tertiary alicyclic amines) is 1. The number of primary amides is 1. The number of rotatable bonds is 15. The van der Waals surface area contributed by atoms with Gasteiger partial charge in [-0.05, 0) is 67.6 Å². The number of phenols is 1. The minimum absolute atomic E-state index is 0.0123. The van der Waals surface area contributed by atoms with Gasteiger partial charge >= 0.3 is 5.97 Å². The molecule has 3 saturated heterocycles. The zero-order chi connectivity index (χ0) is 50.7. The van der Waals surface area contributed by atoms with Gasteiger partial charge in [0.15, 0.2) is 0 Å². The number of amides is 8. The molecule has 8 N–H and O–H groups in total. The van der Waals surface area contributed by atoms with Crippen molar-refractivity contribution in [3.8, 4) is 5.75 Å². The number of ether oxygens (including phenoxy) is 1. The van der Waals surface area contributed by atoms with Crippen molar-refractivity contribution < 1.29 is 58.1 Å². The number of benzene rings is 1. The second-order valence-corrected chi connectivity index (χ2v) is 19.3. The van der Waals surface area contributed by atoms with Crippen LogP contribution < -0.4 is 27.0 Å². The maximum atomic E-state index is 14.9. The Morgan fingerprint density at radius 2 is 1.51 bits per heavy atom. The number of hydrogen-bond acceptors (Lipinski definition) is 12. The van der Waals surface area contributed by atoms with Crippen LogP contribution in [0.4, 0.5) is 0 Å². The van der Waals surface area contributed by atoms with Gasteiger partial charge in [-0.3, -0.25) is 38.4 Å². The van der Waals surface area contributed by atoms with Gasteiger partial charge in [-0.2, -0.15) is 0 Å². The van der Waals surface area contributed by atoms with E-state index in [-0.39, 0.29) is 63.2 Å². The van der Waals surface area contributed by atoms with Crippen molar-refractivity contribution in [2.24, 2.45) is 29.4 Å². The van der Waals surface area contributed by atoms with E-state index in [2.05, 4.69) is 21.3 Å². The van der Waals surface area contributed by atoms with Crippen molar-refractivity contribution in [2.75, 3.05) is 13.6 Å². The normalized spacial score (nSPS) is 27.9. The van der Waals surface area contributed by atoms with Crippen molar-refractivity contribution in [2.45, 2.75) is 174 Å². The Balaban J connectivity index is 1.93. The maximum absolute atomic E-state index is 14.9. The number of esters is 1. The topological polar surface area (TPSA) is 287 Å². The fourth-order valence-electron chi connectivity index (χ4n) is 9.16. The third kappa shape index (κ3) is 13.5. The number of nitrogens with zero attached hydrogens (tertiary/aromatic N) is 3. The highest BCUT2D eigenvalue weighted by Crippen LogP contribution is 2.31. The highest BCUT2D eigenvalue weighted by Gasteiger charge is 2.52. The fourth-order valence-corrected chi connectivity index (χ4v) is 9.16. The second-order valence-electron chi connectivity index (χ2n) is 19.3. The third-order valence-corrected chi connectivity index (χ3v) is 13.5. The monoisotopic (exact) mass is 955 g/mol. The molecule has 3 aliphatic rings. The fraction of sp³-hybridized carbons (Fsp3) is 0.688. The molecule has 3 aliphatic heterocycles. The number of carbonyl (C=O) groups excluding carboxylic acids is 9. The summed E-state index contributed by atoms with van der Waals surface area (Å²) in [6, 6.07) is -3.46. The van der Waals surface area contributed by atoms with Crippen molar-refractivity contribution in [1.82, 2.24) is 36.0 Å². The van der Waals surface area contributed by atoms with Crippen molar-refractivity contribution in [3.05, 3.63) is 29.8 Å². The molecule has 0 aromatic heterocycles. The van der Waals surface area contributed by atoms with Crippen LogP contribution in [0.1, 0.15) is 119 Å². The van der Waals surface area contributed by atoms with Crippen LogP contribution in [0, 0.1) is 23.7 Å². The maximum Gasteiger partial charge on any atom is 0.329 e. The van der Waals surface area contributed by atoms with E-state index in [9.17, 15) is 53.4 Å². The number of piperidine rings is 1. The second kappa shape index (κ2) is 24.5. The van der Waals surface area contributed by atoms with E-state index < -0.39 is 126 Å². The molecule has 68 heavy (non-hydrogen) atoms. The van der Waals surface area contributed by atoms with E-state index in [1.54, 1.807) is 46.8 Å². The van der Waals surface area contributed by atoms with E-state index >= 15 is 0 Å². The summed E-state index contributed by atoms with van der Waals surface area (Å²) in [5.74, 6) is -8.90. The number of phenolic OH excluding ortho intramolecular Hbond substituents is 1. The molecule has 1 aromatic rings. The van der Waals surface area contributed by atoms with Crippen LogP contribution in [0.25, 0.3) is 0 Å². The quantitative estimate of drug-likeness (QED) is 0.121. The van der Waals surface area contributed by atoms with Crippen LogP contribution >= 0.6 is 0 Å². The first-order chi connectivity index (χ1) is 32.0. The summed E-state index contributed by atoms with van der Waals surface area (Å²) in [7, 11) is 1.40. The van der Waals surface area contributed by atoms with E-state index in [4.69, 9.17) is 10.5 Å². The Kier molecular flexibility index (Phi) is 19.7. The van der Waals surface area contributed by atoms with Gasteiger partial charge in [-0.15, -0.1) is 0 Å². The molecule has 2 bridgehead atoms. The summed E-state index contributed by atoms with van der Waals surface area (Å²) in [5, 5.41) is 32.5. The third-order valence-electron chi connectivity index (χ3n) is 13.5. The summed E-state index contributed by atoms with van der Waals surface area (Å²) in [6.07, 6.45) is -2.15. The molecule has 8 amide bonds. The molecule has 3 fully saturated rings. The van der Waals surface area contributed by atoms with Gasteiger partial charge in [0.05, 0.1) is 0 Å². The largest absolute Gasteiger partial charge is 0.508 e. The molecule has 0 saturated carbocycles. The summed E-state index contributed by atoms with van der Waals surface area (Å²) >= 11 is 0. The van der Waals surface area contributed by atoms with Gasteiger partial charge in [-0.25, -0.2) is 4.79 Å². The molecule has 0 aliphatic carbocycles. The molecule has 12 atom stereocenters. The molecule has 1 aromatic carbocycles. The minimum atomic E-state index is -1.59. The number of likely N-dealkylation sites (N-methyl/N-ethyl adjacent to an activating group) is 1.